The van der Waals surface area contributed by atoms with Crippen molar-refractivity contribution in [3.63, 3.8) is 0 Å². The van der Waals surface area contributed by atoms with Crippen molar-refractivity contribution in [1.29, 1.82) is 0 Å². The lowest BCUT2D eigenvalue weighted by atomic mass is 10.1. The van der Waals surface area contributed by atoms with E-state index in [1.54, 1.807) is 6.07 Å². The Labute approximate surface area is 100 Å². The molecule has 0 aliphatic heterocycles. The maximum atomic E-state index is 11.9. The van der Waals surface area contributed by atoms with Crippen LogP contribution in [0.25, 0.3) is 0 Å². The molecule has 0 fully saturated rings. The summed E-state index contributed by atoms with van der Waals surface area (Å²) in [6.45, 7) is 3.92. The van der Waals surface area contributed by atoms with Gasteiger partial charge in [-0.2, -0.15) is 5.10 Å². The molecule has 0 aliphatic rings. The smallest absolute Gasteiger partial charge is 0.276 e. The van der Waals surface area contributed by atoms with Crippen LogP contribution >= 0.6 is 0 Å². The lowest BCUT2D eigenvalue weighted by molar-refractivity contribution is 0.102. The van der Waals surface area contributed by atoms with E-state index in [1.807, 2.05) is 31.2 Å². The van der Waals surface area contributed by atoms with Crippen LogP contribution in [0.2, 0.25) is 0 Å². The molecule has 1 heterocycles. The number of nitrogens with zero attached hydrogens (tertiary/aromatic N) is 1. The highest BCUT2D eigenvalue weighted by atomic mass is 16.1. The number of aromatic amines is 1. The molecule has 88 valence electrons. The van der Waals surface area contributed by atoms with Crippen molar-refractivity contribution < 1.29 is 4.79 Å². The van der Waals surface area contributed by atoms with Gasteiger partial charge in [-0.25, -0.2) is 0 Å². The van der Waals surface area contributed by atoms with Crippen LogP contribution in [0.5, 0.6) is 0 Å². The number of hydrogen-bond acceptors (Lipinski definition) is 2. The molecule has 2 aromatic rings. The van der Waals surface area contributed by atoms with Gasteiger partial charge in [0, 0.05) is 11.4 Å². The normalized spacial score (nSPS) is 10.2. The second kappa shape index (κ2) is 4.82. The fourth-order valence-electron chi connectivity index (χ4n) is 1.67. The third kappa shape index (κ3) is 2.53. The van der Waals surface area contributed by atoms with E-state index >= 15 is 0 Å². The van der Waals surface area contributed by atoms with E-state index < -0.39 is 0 Å². The van der Waals surface area contributed by atoms with Crippen molar-refractivity contribution in [2.75, 3.05) is 5.32 Å². The molecule has 4 heteroatoms. The number of amides is 1. The number of para-hydroxylation sites is 1. The zero-order valence-corrected chi connectivity index (χ0v) is 9.95. The van der Waals surface area contributed by atoms with Gasteiger partial charge < -0.3 is 5.32 Å². The van der Waals surface area contributed by atoms with Crippen molar-refractivity contribution >= 4 is 11.6 Å². The number of anilines is 1. The SMILES string of the molecule is CCc1ccccc1NC(=O)c1cc(C)[nH]n1. The zero-order chi connectivity index (χ0) is 12.3. The van der Waals surface area contributed by atoms with Gasteiger partial charge in [0.2, 0.25) is 0 Å². The van der Waals surface area contributed by atoms with E-state index in [1.165, 1.54) is 0 Å². The summed E-state index contributed by atoms with van der Waals surface area (Å²) in [7, 11) is 0. The molecule has 17 heavy (non-hydrogen) atoms. The first kappa shape index (κ1) is 11.4. The van der Waals surface area contributed by atoms with E-state index in [9.17, 15) is 4.79 Å². The van der Waals surface area contributed by atoms with Gasteiger partial charge in [-0.05, 0) is 31.0 Å². The largest absolute Gasteiger partial charge is 0.320 e. The standard InChI is InChI=1S/C13H15N3O/c1-3-10-6-4-5-7-11(10)14-13(17)12-8-9(2)15-16-12/h4-8H,3H2,1-2H3,(H,14,17)(H,15,16). The predicted octanol–water partition coefficient (Wildman–Crippen LogP) is 2.53. The Morgan fingerprint density at radius 1 is 1.41 bits per heavy atom. The molecule has 2 N–H and O–H groups in total. The Morgan fingerprint density at radius 2 is 2.18 bits per heavy atom. The van der Waals surface area contributed by atoms with Crippen LogP contribution in [0.15, 0.2) is 30.3 Å². The summed E-state index contributed by atoms with van der Waals surface area (Å²) in [5.74, 6) is -0.185. The minimum Gasteiger partial charge on any atom is -0.320 e. The van der Waals surface area contributed by atoms with Gasteiger partial charge in [0.25, 0.3) is 5.91 Å². The molecule has 4 nitrogen and oxygen atoms in total. The van der Waals surface area contributed by atoms with Crippen LogP contribution in [0.3, 0.4) is 0 Å². The maximum Gasteiger partial charge on any atom is 0.276 e. The number of rotatable bonds is 3. The summed E-state index contributed by atoms with van der Waals surface area (Å²) >= 11 is 0. The van der Waals surface area contributed by atoms with Gasteiger partial charge in [-0.15, -0.1) is 0 Å². The molecule has 1 aromatic heterocycles. The van der Waals surface area contributed by atoms with E-state index in [-0.39, 0.29) is 5.91 Å². The predicted molar refractivity (Wildman–Crippen MR) is 67.1 cm³/mol. The fraction of sp³-hybridized carbons (Fsp3) is 0.231. The zero-order valence-electron chi connectivity index (χ0n) is 9.95. The third-order valence-corrected chi connectivity index (χ3v) is 2.59. The summed E-state index contributed by atoms with van der Waals surface area (Å²) in [5, 5.41) is 9.55. The van der Waals surface area contributed by atoms with Crippen molar-refractivity contribution in [3.05, 3.63) is 47.3 Å². The average Bonchev–Trinajstić information content (AvgIpc) is 2.77. The molecule has 0 atom stereocenters. The van der Waals surface area contributed by atoms with E-state index in [0.717, 1.165) is 23.4 Å². The summed E-state index contributed by atoms with van der Waals surface area (Å²) in [5.41, 5.74) is 3.25. The summed E-state index contributed by atoms with van der Waals surface area (Å²) in [4.78, 5) is 11.9. The number of carbonyl (C=O) groups excluding carboxylic acids is 1. The van der Waals surface area contributed by atoms with E-state index in [4.69, 9.17) is 0 Å². The Hall–Kier alpha value is -2.10. The third-order valence-electron chi connectivity index (χ3n) is 2.59. The lowest BCUT2D eigenvalue weighted by Crippen LogP contribution is -2.13. The molecule has 0 saturated carbocycles. The minimum absolute atomic E-state index is 0.185. The number of aromatic nitrogens is 2. The van der Waals surface area contributed by atoms with E-state index in [0.29, 0.717) is 5.69 Å². The summed E-state index contributed by atoms with van der Waals surface area (Å²) in [6, 6.07) is 9.50. The van der Waals surface area contributed by atoms with Gasteiger partial charge in [0.1, 0.15) is 0 Å². The number of hydrogen-bond donors (Lipinski definition) is 2. The Kier molecular flexibility index (Phi) is 3.23. The number of H-pyrrole nitrogens is 1. The Morgan fingerprint density at radius 3 is 2.82 bits per heavy atom. The molecule has 2 rings (SSSR count). The van der Waals surface area contributed by atoms with Crippen molar-refractivity contribution in [1.82, 2.24) is 10.2 Å². The van der Waals surface area contributed by atoms with Crippen molar-refractivity contribution in [2.45, 2.75) is 20.3 Å². The highest BCUT2D eigenvalue weighted by molar-refractivity contribution is 6.03. The van der Waals surface area contributed by atoms with Crippen LogP contribution in [0.4, 0.5) is 5.69 Å². The monoisotopic (exact) mass is 229 g/mol. The van der Waals surface area contributed by atoms with Gasteiger partial charge in [0.05, 0.1) is 0 Å². The molecule has 1 amide bonds. The van der Waals surface area contributed by atoms with Crippen molar-refractivity contribution in [3.8, 4) is 0 Å². The highest BCUT2D eigenvalue weighted by Gasteiger charge is 2.10. The molecule has 1 aromatic carbocycles. The average molecular weight is 229 g/mol. The number of carbonyl (C=O) groups is 1. The molecule has 0 aliphatic carbocycles. The topological polar surface area (TPSA) is 57.8 Å². The number of benzene rings is 1. The molecule has 0 bridgehead atoms. The second-order valence-corrected chi connectivity index (χ2v) is 3.90. The van der Waals surface area contributed by atoms with Crippen LogP contribution < -0.4 is 5.32 Å². The molecular weight excluding hydrogens is 214 g/mol. The van der Waals surface area contributed by atoms with Gasteiger partial charge >= 0.3 is 0 Å². The molecule has 0 unspecified atom stereocenters. The first-order valence-corrected chi connectivity index (χ1v) is 5.62. The van der Waals surface area contributed by atoms with Crippen LogP contribution in [0.1, 0.15) is 28.7 Å². The van der Waals surface area contributed by atoms with Gasteiger partial charge in [-0.1, -0.05) is 25.1 Å². The van der Waals surface area contributed by atoms with Gasteiger partial charge in [0.15, 0.2) is 5.69 Å². The first-order chi connectivity index (χ1) is 8.20. The Bertz CT molecular complexity index is 531. The van der Waals surface area contributed by atoms with Crippen LogP contribution in [-0.2, 0) is 6.42 Å². The van der Waals surface area contributed by atoms with Crippen LogP contribution in [-0.4, -0.2) is 16.1 Å². The lowest BCUT2D eigenvalue weighted by Gasteiger charge is -2.07. The summed E-state index contributed by atoms with van der Waals surface area (Å²) < 4.78 is 0. The van der Waals surface area contributed by atoms with Gasteiger partial charge in [-0.3, -0.25) is 9.89 Å². The molecule has 0 saturated heterocycles. The first-order valence-electron chi connectivity index (χ1n) is 5.62. The van der Waals surface area contributed by atoms with Crippen LogP contribution in [0, 0.1) is 6.92 Å². The fourth-order valence-corrected chi connectivity index (χ4v) is 1.67. The molecular formula is C13H15N3O. The Balaban J connectivity index is 2.18. The minimum atomic E-state index is -0.185. The van der Waals surface area contributed by atoms with E-state index in [2.05, 4.69) is 22.4 Å². The summed E-state index contributed by atoms with van der Waals surface area (Å²) in [6.07, 6.45) is 0.885. The molecule has 0 spiro atoms. The maximum absolute atomic E-state index is 11.9. The number of nitrogens with one attached hydrogen (secondary N) is 2. The quantitative estimate of drug-likeness (QED) is 0.849. The van der Waals surface area contributed by atoms with Crippen molar-refractivity contribution in [2.24, 2.45) is 0 Å². The highest BCUT2D eigenvalue weighted by Crippen LogP contribution is 2.16. The second-order valence-electron chi connectivity index (χ2n) is 3.90. The molecule has 0 radical (unpaired) electrons. The number of aryl methyl sites for hydroxylation is 2.